The summed E-state index contributed by atoms with van der Waals surface area (Å²) in [6.45, 7) is 0. The van der Waals surface area contributed by atoms with Crippen LogP contribution in [0.5, 0.6) is 0 Å². The van der Waals surface area contributed by atoms with E-state index in [4.69, 9.17) is 4.74 Å². The molecule has 0 aliphatic rings. The zero-order chi connectivity index (χ0) is 20.8. The second kappa shape index (κ2) is 10.5. The number of carbonyl (C=O) groups excluding carboxylic acids is 1. The van der Waals surface area contributed by atoms with Gasteiger partial charge in [0.15, 0.2) is 0 Å². The van der Waals surface area contributed by atoms with E-state index in [0.717, 1.165) is 11.7 Å². The van der Waals surface area contributed by atoms with E-state index in [-0.39, 0.29) is 23.0 Å². The number of benzene rings is 4. The van der Waals surface area contributed by atoms with Crippen LogP contribution in [0.2, 0.25) is 0 Å². The molecule has 0 spiro atoms. The van der Waals surface area contributed by atoms with Crippen LogP contribution < -0.4 is 32.9 Å². The molecule has 0 saturated heterocycles. The van der Waals surface area contributed by atoms with Crippen LogP contribution in [0, 0.1) is 0 Å². The molecule has 0 unspecified atom stereocenters. The Morgan fingerprint density at radius 1 is 0.677 bits per heavy atom. The fourth-order valence-corrected chi connectivity index (χ4v) is 8.19. The molecule has 0 aliphatic heterocycles. The molecule has 31 heavy (non-hydrogen) atoms. The largest absolute Gasteiger partial charge is 1.00 e. The van der Waals surface area contributed by atoms with Gasteiger partial charge in [-0.2, -0.15) is 0 Å². The summed E-state index contributed by atoms with van der Waals surface area (Å²) in [5.41, 5.74) is 1.71. The summed E-state index contributed by atoms with van der Waals surface area (Å²) >= 11 is 0. The van der Waals surface area contributed by atoms with Crippen molar-refractivity contribution in [3.63, 3.8) is 0 Å². The highest BCUT2D eigenvalue weighted by Crippen LogP contribution is 2.58. The van der Waals surface area contributed by atoms with E-state index < -0.39 is 7.26 Å². The third-order valence-corrected chi connectivity index (χ3v) is 9.74. The molecular weight excluding hydrogens is 467 g/mol. The normalized spacial score (nSPS) is 10.7. The van der Waals surface area contributed by atoms with Crippen LogP contribution in [0.25, 0.3) is 0 Å². The van der Waals surface area contributed by atoms with E-state index >= 15 is 0 Å². The molecule has 0 aliphatic carbocycles. The summed E-state index contributed by atoms with van der Waals surface area (Å²) < 4.78 is 4.95. The molecule has 0 N–H and O–H groups in total. The summed E-state index contributed by atoms with van der Waals surface area (Å²) in [5, 5.41) is 3.97. The molecule has 156 valence electrons. The molecular formula is C27H24BrO2P. The van der Waals surface area contributed by atoms with Gasteiger partial charge in [-0.3, -0.25) is 0 Å². The van der Waals surface area contributed by atoms with Gasteiger partial charge in [0.1, 0.15) is 23.2 Å². The van der Waals surface area contributed by atoms with Gasteiger partial charge < -0.3 is 21.7 Å². The van der Waals surface area contributed by atoms with Gasteiger partial charge in [0.25, 0.3) is 0 Å². The Morgan fingerprint density at radius 3 is 1.55 bits per heavy atom. The maximum atomic E-state index is 12.1. The lowest BCUT2D eigenvalue weighted by molar-refractivity contribution is -0.0000204. The zero-order valence-corrected chi connectivity index (χ0v) is 19.8. The first-order valence-corrected chi connectivity index (χ1v) is 11.9. The second-order valence-electron chi connectivity index (χ2n) is 7.17. The van der Waals surface area contributed by atoms with Crippen LogP contribution in [-0.2, 0) is 10.9 Å². The molecule has 0 fully saturated rings. The predicted octanol–water partition coefficient (Wildman–Crippen LogP) is 1.97. The molecule has 2 nitrogen and oxygen atoms in total. The number of esters is 1. The molecule has 0 aromatic heterocycles. The molecule has 0 atom stereocenters. The number of hydrogen-bond acceptors (Lipinski definition) is 2. The van der Waals surface area contributed by atoms with Gasteiger partial charge in [-0.05, 0) is 54.1 Å². The van der Waals surface area contributed by atoms with Crippen molar-refractivity contribution in [2.45, 2.75) is 6.16 Å². The van der Waals surface area contributed by atoms with E-state index in [1.807, 2.05) is 18.2 Å². The fraction of sp³-hybridized carbons (Fsp3) is 0.0741. The minimum absolute atomic E-state index is 0. The SMILES string of the molecule is COC(=O)c1cccc(C[P+](c2ccccc2)(c2ccccc2)c2ccccc2)c1.[Br-]. The number of ether oxygens (including phenoxy) is 1. The third-order valence-electron chi connectivity index (χ3n) is 5.36. The number of carbonyl (C=O) groups is 1. The van der Waals surface area contributed by atoms with Crippen molar-refractivity contribution in [2.24, 2.45) is 0 Å². The Morgan fingerprint density at radius 2 is 1.13 bits per heavy atom. The van der Waals surface area contributed by atoms with Crippen molar-refractivity contribution in [3.05, 3.63) is 126 Å². The average Bonchev–Trinajstić information content (AvgIpc) is 2.84. The molecule has 4 heteroatoms. The van der Waals surface area contributed by atoms with Crippen LogP contribution in [0.3, 0.4) is 0 Å². The molecule has 0 bridgehead atoms. The van der Waals surface area contributed by atoms with Gasteiger partial charge in [0.2, 0.25) is 0 Å². The monoisotopic (exact) mass is 490 g/mol. The lowest BCUT2D eigenvalue weighted by atomic mass is 10.1. The quantitative estimate of drug-likeness (QED) is 0.305. The fourth-order valence-electron chi connectivity index (χ4n) is 3.96. The minimum Gasteiger partial charge on any atom is -1.00 e. The second-order valence-corrected chi connectivity index (χ2v) is 10.7. The molecule has 4 aromatic rings. The van der Waals surface area contributed by atoms with E-state index in [1.54, 1.807) is 0 Å². The highest BCUT2D eigenvalue weighted by Gasteiger charge is 2.45. The van der Waals surface area contributed by atoms with Crippen LogP contribution >= 0.6 is 7.26 Å². The van der Waals surface area contributed by atoms with Crippen LogP contribution in [0.15, 0.2) is 115 Å². The number of methoxy groups -OCH3 is 1. The third kappa shape index (κ3) is 4.79. The maximum absolute atomic E-state index is 12.1. The van der Waals surface area contributed by atoms with Crippen molar-refractivity contribution in [2.75, 3.05) is 7.11 Å². The van der Waals surface area contributed by atoms with Crippen LogP contribution in [0.1, 0.15) is 15.9 Å². The Kier molecular flexibility index (Phi) is 7.79. The van der Waals surface area contributed by atoms with Crippen molar-refractivity contribution in [1.82, 2.24) is 0 Å². The molecule has 4 rings (SSSR count). The Labute approximate surface area is 195 Å². The molecule has 0 radical (unpaired) electrons. The van der Waals surface area contributed by atoms with Gasteiger partial charge in [0.05, 0.1) is 18.8 Å². The smallest absolute Gasteiger partial charge is 0.337 e. The van der Waals surface area contributed by atoms with Gasteiger partial charge in [0, 0.05) is 0 Å². The average molecular weight is 491 g/mol. The Balaban J connectivity index is 0.00000272. The van der Waals surface area contributed by atoms with E-state index in [1.165, 1.54) is 23.0 Å². The number of halogens is 1. The van der Waals surface area contributed by atoms with Crippen LogP contribution in [-0.4, -0.2) is 13.1 Å². The first-order chi connectivity index (χ1) is 14.7. The van der Waals surface area contributed by atoms with E-state index in [0.29, 0.717) is 5.56 Å². The lowest BCUT2D eigenvalue weighted by Crippen LogP contribution is -3.00. The molecule has 0 heterocycles. The predicted molar refractivity (Wildman–Crippen MR) is 127 cm³/mol. The minimum atomic E-state index is -1.99. The van der Waals surface area contributed by atoms with Crippen molar-refractivity contribution in [1.29, 1.82) is 0 Å². The maximum Gasteiger partial charge on any atom is 0.337 e. The van der Waals surface area contributed by atoms with Gasteiger partial charge >= 0.3 is 5.97 Å². The number of rotatable bonds is 6. The van der Waals surface area contributed by atoms with E-state index in [2.05, 4.69) is 97.1 Å². The van der Waals surface area contributed by atoms with Gasteiger partial charge in [-0.25, -0.2) is 4.79 Å². The molecule has 0 amide bonds. The highest BCUT2D eigenvalue weighted by molar-refractivity contribution is 7.95. The Hall–Kier alpha value is -2.74. The summed E-state index contributed by atoms with van der Waals surface area (Å²) in [6, 6.07) is 40.1. The molecule has 4 aromatic carbocycles. The first kappa shape index (κ1) is 22.9. The van der Waals surface area contributed by atoms with Crippen molar-refractivity contribution < 1.29 is 26.5 Å². The van der Waals surface area contributed by atoms with Gasteiger partial charge in [-0.15, -0.1) is 0 Å². The zero-order valence-electron chi connectivity index (χ0n) is 17.3. The summed E-state index contributed by atoms with van der Waals surface area (Å²) in [6.07, 6.45) is 0.829. The van der Waals surface area contributed by atoms with Gasteiger partial charge in [-0.1, -0.05) is 66.7 Å². The number of hydrogen-bond donors (Lipinski definition) is 0. The standard InChI is InChI=1S/C27H24O2P.BrH/c1-29-27(28)23-13-11-12-22(20-23)21-30(24-14-5-2-6-15-24,25-16-7-3-8-17-25)26-18-9-4-10-19-26;/h2-20H,21H2,1H3;1H/q+1;/p-1. The summed E-state index contributed by atoms with van der Waals surface area (Å²) in [5.74, 6) is -0.306. The topological polar surface area (TPSA) is 26.3 Å². The lowest BCUT2D eigenvalue weighted by Gasteiger charge is -2.28. The highest BCUT2D eigenvalue weighted by atomic mass is 79.9. The van der Waals surface area contributed by atoms with Crippen LogP contribution in [0.4, 0.5) is 0 Å². The first-order valence-electron chi connectivity index (χ1n) is 9.96. The van der Waals surface area contributed by atoms with E-state index in [9.17, 15) is 4.79 Å². The molecule has 0 saturated carbocycles. The van der Waals surface area contributed by atoms with Crippen molar-refractivity contribution >= 4 is 29.1 Å². The summed E-state index contributed by atoms with van der Waals surface area (Å²) in [4.78, 5) is 12.1. The summed E-state index contributed by atoms with van der Waals surface area (Å²) in [7, 11) is -0.565. The Bertz CT molecular complexity index is 1020. The van der Waals surface area contributed by atoms with Crippen molar-refractivity contribution in [3.8, 4) is 0 Å².